The first-order chi connectivity index (χ1) is 7.67. The molecule has 0 aliphatic heterocycles. The molecule has 0 unspecified atom stereocenters. The summed E-state index contributed by atoms with van der Waals surface area (Å²) >= 11 is 3.30. The van der Waals surface area contributed by atoms with Crippen LogP contribution in [0.4, 0.5) is 0 Å². The van der Waals surface area contributed by atoms with E-state index in [0.29, 0.717) is 0 Å². The van der Waals surface area contributed by atoms with Crippen LogP contribution in [0.3, 0.4) is 0 Å². The highest BCUT2D eigenvalue weighted by molar-refractivity contribution is 9.10. The van der Waals surface area contributed by atoms with Crippen LogP contribution < -0.4 is 5.73 Å². The number of allylic oxidation sites excluding steroid dienone is 2. The fourth-order valence-corrected chi connectivity index (χ4v) is 1.16. The number of rotatable bonds is 2. The van der Waals surface area contributed by atoms with Crippen molar-refractivity contribution in [3.05, 3.63) is 45.7 Å². The van der Waals surface area contributed by atoms with Crippen molar-refractivity contribution in [3.8, 4) is 12.1 Å². The van der Waals surface area contributed by atoms with Crippen molar-refractivity contribution in [2.24, 2.45) is 10.7 Å². The molecule has 1 rings (SSSR count). The Bertz CT molecular complexity index is 514. The highest BCUT2D eigenvalue weighted by Crippen LogP contribution is 2.09. The third kappa shape index (κ3) is 3.23. The largest absolute Gasteiger partial charge is 0.388 e. The predicted molar refractivity (Wildman–Crippen MR) is 64.2 cm³/mol. The van der Waals surface area contributed by atoms with Crippen molar-refractivity contribution >= 4 is 22.1 Å². The molecule has 0 heterocycles. The fraction of sp³-hybridized carbons (Fsp3) is 0. The first-order valence-electron chi connectivity index (χ1n) is 4.27. The van der Waals surface area contributed by atoms with E-state index in [-0.39, 0.29) is 11.4 Å². The monoisotopic (exact) mass is 274 g/mol. The standard InChI is InChI=1S/C11H7BrN4/c12-9-3-1-8(2-4-9)7-16-11(6-14)10(15)5-13/h1-4,7H,15H2/b11-10-,16-7?. The molecule has 2 N–H and O–H groups in total. The Morgan fingerprint density at radius 3 is 2.38 bits per heavy atom. The quantitative estimate of drug-likeness (QED) is 0.662. The minimum Gasteiger partial charge on any atom is -0.388 e. The first-order valence-corrected chi connectivity index (χ1v) is 5.06. The zero-order valence-corrected chi connectivity index (χ0v) is 9.77. The third-order valence-electron chi connectivity index (χ3n) is 1.69. The van der Waals surface area contributed by atoms with Crippen molar-refractivity contribution < 1.29 is 0 Å². The van der Waals surface area contributed by atoms with Crippen LogP contribution in [0.5, 0.6) is 0 Å². The average molecular weight is 275 g/mol. The molecule has 0 fully saturated rings. The van der Waals surface area contributed by atoms with E-state index in [4.69, 9.17) is 16.3 Å². The number of hydrogen-bond donors (Lipinski definition) is 1. The molecular weight excluding hydrogens is 268 g/mol. The van der Waals surface area contributed by atoms with Gasteiger partial charge in [-0.15, -0.1) is 0 Å². The molecule has 0 aliphatic rings. The lowest BCUT2D eigenvalue weighted by Crippen LogP contribution is -1.97. The summed E-state index contributed by atoms with van der Waals surface area (Å²) in [4.78, 5) is 3.84. The molecule has 0 saturated heterocycles. The zero-order valence-electron chi connectivity index (χ0n) is 8.18. The van der Waals surface area contributed by atoms with Gasteiger partial charge in [-0.2, -0.15) is 10.5 Å². The number of halogens is 1. The third-order valence-corrected chi connectivity index (χ3v) is 2.22. The molecule has 0 bridgehead atoms. The molecule has 1 aromatic carbocycles. The van der Waals surface area contributed by atoms with Gasteiger partial charge in [-0.3, -0.25) is 0 Å². The van der Waals surface area contributed by atoms with Crippen LogP contribution in [0.1, 0.15) is 5.56 Å². The molecule has 1 aromatic rings. The minimum atomic E-state index is -0.184. The summed E-state index contributed by atoms with van der Waals surface area (Å²) < 4.78 is 0.956. The molecule has 0 atom stereocenters. The van der Waals surface area contributed by atoms with Crippen LogP contribution in [0.25, 0.3) is 0 Å². The van der Waals surface area contributed by atoms with Gasteiger partial charge in [-0.1, -0.05) is 28.1 Å². The maximum absolute atomic E-state index is 8.69. The van der Waals surface area contributed by atoms with Crippen LogP contribution in [0.15, 0.2) is 45.1 Å². The number of nitriles is 2. The Morgan fingerprint density at radius 1 is 1.25 bits per heavy atom. The number of nitrogens with two attached hydrogens (primary N) is 1. The fourth-order valence-electron chi connectivity index (χ4n) is 0.900. The Morgan fingerprint density at radius 2 is 1.88 bits per heavy atom. The summed E-state index contributed by atoms with van der Waals surface area (Å²) in [5.41, 5.74) is 5.85. The van der Waals surface area contributed by atoms with Gasteiger partial charge < -0.3 is 5.73 Å². The lowest BCUT2D eigenvalue weighted by Gasteiger charge is -1.93. The van der Waals surface area contributed by atoms with Gasteiger partial charge in [0.25, 0.3) is 0 Å². The molecule has 0 radical (unpaired) electrons. The van der Waals surface area contributed by atoms with Gasteiger partial charge in [-0.25, -0.2) is 4.99 Å². The predicted octanol–water partition coefficient (Wildman–Crippen LogP) is 2.09. The van der Waals surface area contributed by atoms with E-state index >= 15 is 0 Å². The van der Waals surface area contributed by atoms with Crippen LogP contribution in [-0.2, 0) is 0 Å². The zero-order chi connectivity index (χ0) is 12.0. The minimum absolute atomic E-state index is 0.0783. The normalized spacial score (nSPS) is 11.7. The van der Waals surface area contributed by atoms with Crippen LogP contribution in [0.2, 0.25) is 0 Å². The molecule has 0 saturated carbocycles. The maximum Gasteiger partial charge on any atom is 0.174 e. The van der Waals surface area contributed by atoms with Gasteiger partial charge in [0.1, 0.15) is 17.8 Å². The molecule has 0 spiro atoms. The maximum atomic E-state index is 8.69. The van der Waals surface area contributed by atoms with Crippen molar-refractivity contribution in [1.29, 1.82) is 10.5 Å². The Kier molecular flexibility index (Phi) is 4.26. The van der Waals surface area contributed by atoms with E-state index in [2.05, 4.69) is 20.9 Å². The Hall–Kier alpha value is -2.11. The van der Waals surface area contributed by atoms with Crippen molar-refractivity contribution in [3.63, 3.8) is 0 Å². The molecule has 4 nitrogen and oxygen atoms in total. The lowest BCUT2D eigenvalue weighted by molar-refractivity contribution is 1.27. The van der Waals surface area contributed by atoms with Crippen molar-refractivity contribution in [2.75, 3.05) is 0 Å². The van der Waals surface area contributed by atoms with E-state index in [1.165, 1.54) is 6.21 Å². The van der Waals surface area contributed by atoms with Crippen LogP contribution in [-0.4, -0.2) is 6.21 Å². The number of nitrogens with zero attached hydrogens (tertiary/aromatic N) is 3. The van der Waals surface area contributed by atoms with Gasteiger partial charge in [-0.05, 0) is 17.7 Å². The summed E-state index contributed by atoms with van der Waals surface area (Å²) in [6, 6.07) is 10.8. The summed E-state index contributed by atoms with van der Waals surface area (Å²) in [5.74, 6) is 0. The molecule has 78 valence electrons. The summed E-state index contributed by atoms with van der Waals surface area (Å²) in [7, 11) is 0. The van der Waals surface area contributed by atoms with Gasteiger partial charge >= 0.3 is 0 Å². The van der Waals surface area contributed by atoms with Crippen molar-refractivity contribution in [1.82, 2.24) is 0 Å². The average Bonchev–Trinajstić information content (AvgIpc) is 2.31. The second-order valence-corrected chi connectivity index (χ2v) is 3.71. The summed E-state index contributed by atoms with van der Waals surface area (Å²) in [6.07, 6.45) is 1.48. The molecule has 0 aliphatic carbocycles. The Labute approximate surface area is 101 Å². The first kappa shape index (κ1) is 12.0. The SMILES string of the molecule is N#C/C(N)=C(\C#N)N=Cc1ccc(Br)cc1. The summed E-state index contributed by atoms with van der Waals surface area (Å²) in [6.45, 7) is 0. The smallest absolute Gasteiger partial charge is 0.174 e. The molecule has 0 aromatic heterocycles. The second kappa shape index (κ2) is 5.69. The van der Waals surface area contributed by atoms with E-state index in [9.17, 15) is 0 Å². The molecular formula is C11H7BrN4. The molecule has 16 heavy (non-hydrogen) atoms. The van der Waals surface area contributed by atoms with Gasteiger partial charge in [0.05, 0.1) is 0 Å². The van der Waals surface area contributed by atoms with E-state index in [1.54, 1.807) is 12.1 Å². The number of hydrogen-bond acceptors (Lipinski definition) is 4. The van der Waals surface area contributed by atoms with Crippen LogP contribution in [0, 0.1) is 22.7 Å². The molecule has 0 amide bonds. The Balaban J connectivity index is 2.94. The van der Waals surface area contributed by atoms with E-state index < -0.39 is 0 Å². The molecule has 5 heteroatoms. The van der Waals surface area contributed by atoms with E-state index in [0.717, 1.165) is 10.0 Å². The van der Waals surface area contributed by atoms with Crippen molar-refractivity contribution in [2.45, 2.75) is 0 Å². The number of aliphatic imine (C=N–C) groups is 1. The lowest BCUT2D eigenvalue weighted by atomic mass is 10.2. The second-order valence-electron chi connectivity index (χ2n) is 2.80. The van der Waals surface area contributed by atoms with Gasteiger partial charge in [0.15, 0.2) is 5.70 Å². The van der Waals surface area contributed by atoms with Crippen LogP contribution >= 0.6 is 15.9 Å². The highest BCUT2D eigenvalue weighted by Gasteiger charge is 1.98. The van der Waals surface area contributed by atoms with Gasteiger partial charge in [0, 0.05) is 10.7 Å². The van der Waals surface area contributed by atoms with E-state index in [1.807, 2.05) is 24.3 Å². The summed E-state index contributed by atoms with van der Waals surface area (Å²) in [5, 5.41) is 17.2. The highest BCUT2D eigenvalue weighted by atomic mass is 79.9. The van der Waals surface area contributed by atoms with Gasteiger partial charge in [0.2, 0.25) is 0 Å². The topological polar surface area (TPSA) is 86.0 Å². The number of benzene rings is 1.